The molecule has 0 unspecified atom stereocenters. The van der Waals surface area contributed by atoms with Gasteiger partial charge in [0.1, 0.15) is 6.54 Å². The number of nitrogens with zero attached hydrogens (tertiary/aromatic N) is 5. The number of carbonyl (C=O) groups excluding carboxylic acids is 4. The monoisotopic (exact) mass is 590 g/mol. The maximum absolute atomic E-state index is 13.6. The van der Waals surface area contributed by atoms with Gasteiger partial charge in [-0.2, -0.15) is 0 Å². The van der Waals surface area contributed by atoms with Gasteiger partial charge in [-0.15, -0.1) is 10.2 Å². The molecule has 1 aromatic heterocycles. The summed E-state index contributed by atoms with van der Waals surface area (Å²) in [6.45, 7) is -0.175. The van der Waals surface area contributed by atoms with Gasteiger partial charge in [-0.1, -0.05) is 47.5 Å². The molecule has 3 amide bonds. The molecule has 0 atom stereocenters. The first-order valence-corrected chi connectivity index (χ1v) is 13.3. The molecule has 2 heterocycles. The van der Waals surface area contributed by atoms with Crippen LogP contribution in [0, 0.1) is 0 Å². The fourth-order valence-electron chi connectivity index (χ4n) is 4.57. The molecule has 1 aliphatic heterocycles. The van der Waals surface area contributed by atoms with E-state index in [2.05, 4.69) is 15.5 Å². The van der Waals surface area contributed by atoms with E-state index in [0.717, 1.165) is 4.90 Å². The van der Waals surface area contributed by atoms with E-state index in [9.17, 15) is 19.2 Å². The van der Waals surface area contributed by atoms with E-state index >= 15 is 0 Å². The van der Waals surface area contributed by atoms with Gasteiger partial charge in [-0.05, 0) is 56.6 Å². The molecule has 10 nitrogen and oxygen atoms in total. The summed E-state index contributed by atoms with van der Waals surface area (Å²) in [5, 5.41) is 11.9. The highest BCUT2D eigenvalue weighted by molar-refractivity contribution is 6.35. The van der Waals surface area contributed by atoms with Crippen molar-refractivity contribution in [2.24, 2.45) is 0 Å². The third-order valence-corrected chi connectivity index (χ3v) is 7.01. The van der Waals surface area contributed by atoms with Crippen molar-refractivity contribution in [1.82, 2.24) is 29.9 Å². The molecule has 0 radical (unpaired) electrons. The Bertz CT molecular complexity index is 1670. The van der Waals surface area contributed by atoms with E-state index < -0.39 is 24.3 Å². The Hall–Kier alpha value is -4.38. The molecule has 0 saturated heterocycles. The predicted molar refractivity (Wildman–Crippen MR) is 152 cm³/mol. The molecule has 0 saturated carbocycles. The SMILES string of the molecule is CN(C)Cc1nnc(CNC(=O)CN2C(=O)c3ccccc3C2=O)n1-c1ccc(Cl)cc1C(=O)c1ccccc1Cl. The van der Waals surface area contributed by atoms with Crippen LogP contribution in [-0.2, 0) is 17.9 Å². The standard InChI is InChI=1S/C29H24Cl2N6O4/c1-35(2)15-25-34-33-24(14-32-26(38)16-36-28(40)18-7-3-4-8-19(18)29(36)41)37(25)23-12-11-17(30)13-21(23)27(39)20-9-5-6-10-22(20)31/h3-13H,14-16H2,1-2H3,(H,32,38). The number of carbonyl (C=O) groups is 4. The van der Waals surface area contributed by atoms with Crippen molar-refractivity contribution in [1.29, 1.82) is 0 Å². The number of benzene rings is 3. The largest absolute Gasteiger partial charge is 0.347 e. The number of hydrogen-bond donors (Lipinski definition) is 1. The summed E-state index contributed by atoms with van der Waals surface area (Å²) in [7, 11) is 3.72. The molecule has 41 heavy (non-hydrogen) atoms. The number of amides is 3. The van der Waals surface area contributed by atoms with Crippen molar-refractivity contribution in [2.75, 3.05) is 20.6 Å². The Morgan fingerprint density at radius 3 is 2.15 bits per heavy atom. The first-order valence-electron chi connectivity index (χ1n) is 12.5. The molecule has 208 valence electrons. The fourth-order valence-corrected chi connectivity index (χ4v) is 4.96. The van der Waals surface area contributed by atoms with Gasteiger partial charge in [0.2, 0.25) is 5.91 Å². The topological polar surface area (TPSA) is 118 Å². The lowest BCUT2D eigenvalue weighted by molar-refractivity contribution is -0.121. The average molecular weight is 591 g/mol. The van der Waals surface area contributed by atoms with Crippen LogP contribution >= 0.6 is 23.2 Å². The Morgan fingerprint density at radius 1 is 0.854 bits per heavy atom. The van der Waals surface area contributed by atoms with Gasteiger partial charge >= 0.3 is 0 Å². The molecule has 12 heteroatoms. The molecule has 0 fully saturated rings. The molecular formula is C29H24Cl2N6O4. The zero-order valence-electron chi connectivity index (χ0n) is 22.1. The third-order valence-electron chi connectivity index (χ3n) is 6.44. The summed E-state index contributed by atoms with van der Waals surface area (Å²) in [5.74, 6) is -1.13. The summed E-state index contributed by atoms with van der Waals surface area (Å²) < 4.78 is 1.68. The fraction of sp³-hybridized carbons (Fsp3) is 0.172. The summed E-state index contributed by atoms with van der Waals surface area (Å²) in [5.41, 5.74) is 1.54. The highest BCUT2D eigenvalue weighted by Crippen LogP contribution is 2.28. The van der Waals surface area contributed by atoms with Crippen LogP contribution in [0.4, 0.5) is 0 Å². The smallest absolute Gasteiger partial charge is 0.262 e. The zero-order valence-corrected chi connectivity index (χ0v) is 23.6. The van der Waals surface area contributed by atoms with Crippen LogP contribution in [0.15, 0.2) is 66.7 Å². The van der Waals surface area contributed by atoms with Crippen molar-refractivity contribution in [3.05, 3.63) is 111 Å². The van der Waals surface area contributed by atoms with Crippen LogP contribution in [0.1, 0.15) is 48.3 Å². The summed E-state index contributed by atoms with van der Waals surface area (Å²) in [6, 6.07) is 18.0. The van der Waals surface area contributed by atoms with Gasteiger partial charge in [0.05, 0.1) is 34.9 Å². The Kier molecular flexibility index (Phi) is 7.98. The van der Waals surface area contributed by atoms with Gasteiger partial charge in [0.25, 0.3) is 11.8 Å². The van der Waals surface area contributed by atoms with Crippen LogP contribution < -0.4 is 5.32 Å². The van der Waals surface area contributed by atoms with Gasteiger partial charge in [-0.25, -0.2) is 0 Å². The number of ketones is 1. The Morgan fingerprint density at radius 2 is 1.49 bits per heavy atom. The Balaban J connectivity index is 1.44. The van der Waals surface area contributed by atoms with Gasteiger partial charge in [0.15, 0.2) is 17.4 Å². The lowest BCUT2D eigenvalue weighted by Crippen LogP contribution is -2.40. The molecule has 1 aliphatic rings. The van der Waals surface area contributed by atoms with E-state index in [4.69, 9.17) is 23.2 Å². The lowest BCUT2D eigenvalue weighted by atomic mass is 10.0. The predicted octanol–water partition coefficient (Wildman–Crippen LogP) is 3.78. The van der Waals surface area contributed by atoms with E-state index in [1.165, 1.54) is 0 Å². The van der Waals surface area contributed by atoms with Gasteiger partial charge in [-0.3, -0.25) is 28.6 Å². The van der Waals surface area contributed by atoms with E-state index in [-0.39, 0.29) is 29.0 Å². The van der Waals surface area contributed by atoms with Crippen molar-refractivity contribution in [3.63, 3.8) is 0 Å². The number of imide groups is 1. The molecule has 0 aliphatic carbocycles. The second kappa shape index (κ2) is 11.6. The number of rotatable bonds is 9. The van der Waals surface area contributed by atoms with Gasteiger partial charge < -0.3 is 10.2 Å². The summed E-state index contributed by atoms with van der Waals surface area (Å²) in [6.07, 6.45) is 0. The van der Waals surface area contributed by atoms with Crippen LogP contribution in [0.3, 0.4) is 0 Å². The summed E-state index contributed by atoms with van der Waals surface area (Å²) in [4.78, 5) is 54.7. The van der Waals surface area contributed by atoms with Crippen molar-refractivity contribution < 1.29 is 19.2 Å². The molecule has 5 rings (SSSR count). The van der Waals surface area contributed by atoms with E-state index in [0.29, 0.717) is 39.5 Å². The van der Waals surface area contributed by atoms with Crippen LogP contribution in [0.25, 0.3) is 5.69 Å². The Labute approximate surface area is 245 Å². The zero-order chi connectivity index (χ0) is 29.3. The number of hydrogen-bond acceptors (Lipinski definition) is 7. The summed E-state index contributed by atoms with van der Waals surface area (Å²) >= 11 is 12.6. The minimum absolute atomic E-state index is 0.0925. The number of nitrogens with one attached hydrogen (secondary N) is 1. The van der Waals surface area contributed by atoms with E-state index in [1.54, 1.807) is 71.3 Å². The van der Waals surface area contributed by atoms with Crippen molar-refractivity contribution >= 4 is 46.7 Å². The van der Waals surface area contributed by atoms with Crippen LogP contribution in [-0.4, -0.2) is 68.7 Å². The maximum atomic E-state index is 13.6. The normalized spacial score (nSPS) is 12.7. The third kappa shape index (κ3) is 5.62. The molecule has 3 aromatic carbocycles. The van der Waals surface area contributed by atoms with Crippen molar-refractivity contribution in [3.8, 4) is 5.69 Å². The molecule has 0 spiro atoms. The first kappa shape index (κ1) is 28.2. The molecular weight excluding hydrogens is 567 g/mol. The molecule has 0 bridgehead atoms. The van der Waals surface area contributed by atoms with Crippen LogP contribution in [0.5, 0.6) is 0 Å². The molecule has 1 N–H and O–H groups in total. The average Bonchev–Trinajstić information content (AvgIpc) is 3.45. The number of aromatic nitrogens is 3. The highest BCUT2D eigenvalue weighted by atomic mass is 35.5. The second-order valence-corrected chi connectivity index (χ2v) is 10.4. The van der Waals surface area contributed by atoms with Crippen molar-refractivity contribution in [2.45, 2.75) is 13.1 Å². The van der Waals surface area contributed by atoms with E-state index in [1.807, 2.05) is 19.0 Å². The molecule has 4 aromatic rings. The highest BCUT2D eigenvalue weighted by Gasteiger charge is 2.36. The van der Waals surface area contributed by atoms with Gasteiger partial charge in [0, 0.05) is 16.1 Å². The maximum Gasteiger partial charge on any atom is 0.262 e. The number of halogens is 2. The second-order valence-electron chi connectivity index (χ2n) is 9.59. The quantitative estimate of drug-likeness (QED) is 0.233. The first-order chi connectivity index (χ1) is 19.7. The minimum Gasteiger partial charge on any atom is -0.347 e. The number of fused-ring (bicyclic) bond motifs is 1. The lowest BCUT2D eigenvalue weighted by Gasteiger charge is -2.18. The van der Waals surface area contributed by atoms with Crippen LogP contribution in [0.2, 0.25) is 10.0 Å². The minimum atomic E-state index is -0.563.